The zero-order valence-corrected chi connectivity index (χ0v) is 16.6. The predicted molar refractivity (Wildman–Crippen MR) is 109 cm³/mol. The first-order valence-electron chi connectivity index (χ1n) is 8.74. The molecule has 0 spiro atoms. The van der Waals surface area contributed by atoms with Crippen molar-refractivity contribution in [1.82, 2.24) is 10.3 Å². The topological polar surface area (TPSA) is 71.1 Å². The SMILES string of the molecule is CC(=O)N[C@@H](C)c1ccc(-c2csc(NC(=O)c3ccc(F)c(C)c3)n2)cc1. The summed E-state index contributed by atoms with van der Waals surface area (Å²) in [5.74, 6) is -0.749. The Morgan fingerprint density at radius 2 is 1.86 bits per heavy atom. The van der Waals surface area contributed by atoms with Gasteiger partial charge in [0.25, 0.3) is 5.91 Å². The summed E-state index contributed by atoms with van der Waals surface area (Å²) >= 11 is 1.32. The van der Waals surface area contributed by atoms with E-state index in [0.717, 1.165) is 16.8 Å². The van der Waals surface area contributed by atoms with Gasteiger partial charge in [-0.25, -0.2) is 9.37 Å². The van der Waals surface area contributed by atoms with Crippen LogP contribution in [-0.2, 0) is 4.79 Å². The number of carbonyl (C=O) groups is 2. The Balaban J connectivity index is 1.70. The van der Waals surface area contributed by atoms with E-state index >= 15 is 0 Å². The lowest BCUT2D eigenvalue weighted by Crippen LogP contribution is -2.23. The molecule has 2 amide bonds. The summed E-state index contributed by atoms with van der Waals surface area (Å²) in [6.07, 6.45) is 0. The number of carbonyl (C=O) groups excluding carboxylic acids is 2. The number of thiazole rings is 1. The van der Waals surface area contributed by atoms with Gasteiger partial charge in [-0.1, -0.05) is 24.3 Å². The quantitative estimate of drug-likeness (QED) is 0.655. The monoisotopic (exact) mass is 397 g/mol. The fraction of sp³-hybridized carbons (Fsp3) is 0.190. The van der Waals surface area contributed by atoms with Gasteiger partial charge in [-0.15, -0.1) is 11.3 Å². The minimum atomic E-state index is -0.343. The van der Waals surface area contributed by atoms with Crippen molar-refractivity contribution in [2.75, 3.05) is 5.32 Å². The zero-order chi connectivity index (χ0) is 20.3. The Bertz CT molecular complexity index is 1010. The van der Waals surface area contributed by atoms with Crippen LogP contribution in [0, 0.1) is 12.7 Å². The Morgan fingerprint density at radius 3 is 2.50 bits per heavy atom. The Hall–Kier alpha value is -3.06. The molecule has 28 heavy (non-hydrogen) atoms. The molecule has 0 aliphatic carbocycles. The van der Waals surface area contributed by atoms with E-state index in [-0.39, 0.29) is 23.7 Å². The van der Waals surface area contributed by atoms with Gasteiger partial charge in [-0.05, 0) is 43.2 Å². The van der Waals surface area contributed by atoms with Crippen LogP contribution in [-0.4, -0.2) is 16.8 Å². The maximum absolute atomic E-state index is 13.4. The van der Waals surface area contributed by atoms with E-state index in [9.17, 15) is 14.0 Å². The van der Waals surface area contributed by atoms with Gasteiger partial charge in [-0.2, -0.15) is 0 Å². The van der Waals surface area contributed by atoms with E-state index in [1.54, 1.807) is 6.92 Å². The molecule has 0 radical (unpaired) electrons. The van der Waals surface area contributed by atoms with Crippen molar-refractivity contribution in [2.24, 2.45) is 0 Å². The molecule has 0 saturated heterocycles. The molecule has 1 aromatic heterocycles. The van der Waals surface area contributed by atoms with Crippen LogP contribution in [0.4, 0.5) is 9.52 Å². The van der Waals surface area contributed by atoms with Gasteiger partial charge in [0, 0.05) is 23.4 Å². The molecule has 0 aliphatic rings. The van der Waals surface area contributed by atoms with E-state index < -0.39 is 0 Å². The lowest BCUT2D eigenvalue weighted by Gasteiger charge is -2.13. The third-order valence-electron chi connectivity index (χ3n) is 4.27. The third-order valence-corrected chi connectivity index (χ3v) is 5.03. The summed E-state index contributed by atoms with van der Waals surface area (Å²) in [5, 5.41) is 7.92. The maximum Gasteiger partial charge on any atom is 0.257 e. The predicted octanol–water partition coefficient (Wildman–Crippen LogP) is 4.71. The molecule has 2 N–H and O–H groups in total. The summed E-state index contributed by atoms with van der Waals surface area (Å²) in [6, 6.07) is 11.9. The highest BCUT2D eigenvalue weighted by Crippen LogP contribution is 2.26. The molecule has 1 atom stereocenters. The fourth-order valence-electron chi connectivity index (χ4n) is 2.75. The molecule has 2 aromatic carbocycles. The van der Waals surface area contributed by atoms with Crippen molar-refractivity contribution in [3.05, 3.63) is 70.4 Å². The Morgan fingerprint density at radius 1 is 1.14 bits per heavy atom. The molecule has 0 bridgehead atoms. The Labute approximate surface area is 166 Å². The third kappa shape index (κ3) is 4.61. The van der Waals surface area contributed by atoms with Gasteiger partial charge >= 0.3 is 0 Å². The summed E-state index contributed by atoms with van der Waals surface area (Å²) in [6.45, 7) is 5.03. The van der Waals surface area contributed by atoms with Crippen LogP contribution < -0.4 is 10.6 Å². The number of benzene rings is 2. The number of nitrogens with zero attached hydrogens (tertiary/aromatic N) is 1. The second-order valence-electron chi connectivity index (χ2n) is 6.50. The largest absolute Gasteiger partial charge is 0.350 e. The van der Waals surface area contributed by atoms with Crippen molar-refractivity contribution in [3.8, 4) is 11.3 Å². The van der Waals surface area contributed by atoms with Crippen LogP contribution in [0.1, 0.15) is 41.4 Å². The number of aryl methyl sites for hydroxylation is 1. The molecule has 0 unspecified atom stereocenters. The van der Waals surface area contributed by atoms with E-state index in [1.165, 1.54) is 36.5 Å². The minimum absolute atomic E-state index is 0.0731. The minimum Gasteiger partial charge on any atom is -0.350 e. The summed E-state index contributed by atoms with van der Waals surface area (Å²) in [7, 11) is 0. The van der Waals surface area contributed by atoms with Crippen LogP contribution >= 0.6 is 11.3 Å². The molecular weight excluding hydrogens is 377 g/mol. The van der Waals surface area contributed by atoms with Crippen molar-refractivity contribution in [1.29, 1.82) is 0 Å². The highest BCUT2D eigenvalue weighted by molar-refractivity contribution is 7.14. The van der Waals surface area contributed by atoms with Crippen molar-refractivity contribution < 1.29 is 14.0 Å². The summed E-state index contributed by atoms with van der Waals surface area (Å²) in [4.78, 5) is 28.0. The van der Waals surface area contributed by atoms with Crippen LogP contribution in [0.3, 0.4) is 0 Å². The lowest BCUT2D eigenvalue weighted by atomic mass is 10.1. The van der Waals surface area contributed by atoms with E-state index in [1.807, 2.05) is 36.6 Å². The number of amides is 2. The van der Waals surface area contributed by atoms with E-state index in [4.69, 9.17) is 0 Å². The second kappa shape index (κ2) is 8.31. The standard InChI is InChI=1S/C21H20FN3O2S/c1-12-10-17(8-9-18(12)22)20(27)25-21-24-19(11-28-21)16-6-4-15(5-7-16)13(2)23-14(3)26/h4-11,13H,1-3H3,(H,23,26)(H,24,25,27)/t13-/m0/s1. The number of halogens is 1. The molecule has 0 saturated carbocycles. The van der Waals surface area contributed by atoms with Crippen LogP contribution in [0.15, 0.2) is 47.8 Å². The van der Waals surface area contributed by atoms with Gasteiger partial charge in [0.2, 0.25) is 5.91 Å². The van der Waals surface area contributed by atoms with Crippen molar-refractivity contribution >= 4 is 28.3 Å². The number of aromatic nitrogens is 1. The molecule has 3 aromatic rings. The molecule has 0 aliphatic heterocycles. The normalized spacial score (nSPS) is 11.7. The first kappa shape index (κ1) is 19.7. The zero-order valence-electron chi connectivity index (χ0n) is 15.7. The van der Waals surface area contributed by atoms with Crippen molar-refractivity contribution in [2.45, 2.75) is 26.8 Å². The second-order valence-corrected chi connectivity index (χ2v) is 7.36. The van der Waals surface area contributed by atoms with E-state index in [0.29, 0.717) is 16.3 Å². The van der Waals surface area contributed by atoms with Crippen LogP contribution in [0.2, 0.25) is 0 Å². The summed E-state index contributed by atoms with van der Waals surface area (Å²) in [5.41, 5.74) is 3.45. The molecular formula is C21H20FN3O2S. The number of hydrogen-bond acceptors (Lipinski definition) is 4. The number of rotatable bonds is 5. The molecule has 7 heteroatoms. The van der Waals surface area contributed by atoms with E-state index in [2.05, 4.69) is 15.6 Å². The fourth-order valence-corrected chi connectivity index (χ4v) is 3.46. The highest BCUT2D eigenvalue weighted by Gasteiger charge is 2.12. The van der Waals surface area contributed by atoms with Gasteiger partial charge in [-0.3, -0.25) is 14.9 Å². The maximum atomic E-state index is 13.4. The van der Waals surface area contributed by atoms with Gasteiger partial charge in [0.05, 0.1) is 11.7 Å². The molecule has 144 valence electrons. The van der Waals surface area contributed by atoms with Crippen LogP contribution in [0.25, 0.3) is 11.3 Å². The molecule has 5 nitrogen and oxygen atoms in total. The first-order valence-corrected chi connectivity index (χ1v) is 9.62. The molecule has 1 heterocycles. The smallest absolute Gasteiger partial charge is 0.257 e. The Kier molecular flexibility index (Phi) is 5.84. The molecule has 3 rings (SSSR count). The lowest BCUT2D eigenvalue weighted by molar-refractivity contribution is -0.119. The average Bonchev–Trinajstić information content (AvgIpc) is 3.12. The van der Waals surface area contributed by atoms with Gasteiger partial charge < -0.3 is 5.32 Å². The first-order chi connectivity index (χ1) is 13.3. The number of hydrogen-bond donors (Lipinski definition) is 2. The summed E-state index contributed by atoms with van der Waals surface area (Å²) < 4.78 is 13.4. The molecule has 0 fully saturated rings. The average molecular weight is 397 g/mol. The number of anilines is 1. The van der Waals surface area contributed by atoms with Crippen LogP contribution in [0.5, 0.6) is 0 Å². The van der Waals surface area contributed by atoms with Gasteiger partial charge in [0.1, 0.15) is 5.82 Å². The van der Waals surface area contributed by atoms with Gasteiger partial charge in [0.15, 0.2) is 5.13 Å². The highest BCUT2D eigenvalue weighted by atomic mass is 32.1. The number of nitrogens with one attached hydrogen (secondary N) is 2. The van der Waals surface area contributed by atoms with Crippen molar-refractivity contribution in [3.63, 3.8) is 0 Å².